The minimum Gasteiger partial charge on any atom is -0.492 e. The first kappa shape index (κ1) is 13.5. The number of methoxy groups -OCH3 is 1. The lowest BCUT2D eigenvalue weighted by molar-refractivity contribution is -0.141. The van der Waals surface area contributed by atoms with Gasteiger partial charge in [-0.2, -0.15) is 0 Å². The summed E-state index contributed by atoms with van der Waals surface area (Å²) in [7, 11) is 1.35. The topological polar surface area (TPSA) is 61.5 Å². The molecule has 1 aromatic carbocycles. The standard InChI is InChI=1S/C13H19NO3/c1-9-4-5-12(10(2)6-9)17-8-11(14)7-13(15)16-3/h4-6,11H,7-8,14H2,1-3H3. The molecule has 0 aliphatic rings. The maximum Gasteiger partial charge on any atom is 0.307 e. The Bertz CT molecular complexity index is 390. The molecule has 0 heterocycles. The highest BCUT2D eigenvalue weighted by Gasteiger charge is 2.10. The molecule has 1 aromatic rings. The summed E-state index contributed by atoms with van der Waals surface area (Å²) >= 11 is 0. The summed E-state index contributed by atoms with van der Waals surface area (Å²) in [5.41, 5.74) is 8.01. The maximum absolute atomic E-state index is 11.0. The van der Waals surface area contributed by atoms with Gasteiger partial charge in [-0.05, 0) is 25.5 Å². The van der Waals surface area contributed by atoms with Crippen LogP contribution in [0.25, 0.3) is 0 Å². The molecule has 0 aromatic heterocycles. The van der Waals surface area contributed by atoms with Crippen LogP contribution in [0, 0.1) is 13.8 Å². The van der Waals surface area contributed by atoms with Gasteiger partial charge in [0.15, 0.2) is 0 Å². The molecular weight excluding hydrogens is 218 g/mol. The summed E-state index contributed by atoms with van der Waals surface area (Å²) in [6.07, 6.45) is 0.168. The Morgan fingerprint density at radius 1 is 1.41 bits per heavy atom. The van der Waals surface area contributed by atoms with Crippen LogP contribution in [0.1, 0.15) is 17.5 Å². The van der Waals surface area contributed by atoms with Crippen LogP contribution in [0.3, 0.4) is 0 Å². The number of benzene rings is 1. The van der Waals surface area contributed by atoms with Crippen LogP contribution in [-0.2, 0) is 9.53 Å². The summed E-state index contributed by atoms with van der Waals surface area (Å²) < 4.78 is 10.1. The number of rotatable bonds is 5. The normalized spacial score (nSPS) is 12.0. The smallest absolute Gasteiger partial charge is 0.307 e. The average Bonchev–Trinajstić information content (AvgIpc) is 2.27. The number of ether oxygens (including phenoxy) is 2. The van der Waals surface area contributed by atoms with Crippen molar-refractivity contribution in [2.24, 2.45) is 5.73 Å². The van der Waals surface area contributed by atoms with Gasteiger partial charge < -0.3 is 15.2 Å². The molecule has 0 bridgehead atoms. The molecule has 0 spiro atoms. The molecule has 0 saturated carbocycles. The lowest BCUT2D eigenvalue weighted by atomic mass is 10.1. The van der Waals surface area contributed by atoms with Crippen molar-refractivity contribution in [1.29, 1.82) is 0 Å². The van der Waals surface area contributed by atoms with Gasteiger partial charge in [0.25, 0.3) is 0 Å². The van der Waals surface area contributed by atoms with Crippen molar-refractivity contribution in [3.8, 4) is 5.75 Å². The molecule has 0 amide bonds. The monoisotopic (exact) mass is 237 g/mol. The van der Waals surface area contributed by atoms with E-state index in [1.54, 1.807) is 0 Å². The average molecular weight is 237 g/mol. The highest BCUT2D eigenvalue weighted by molar-refractivity contribution is 5.69. The Morgan fingerprint density at radius 3 is 2.71 bits per heavy atom. The van der Waals surface area contributed by atoms with Crippen molar-refractivity contribution < 1.29 is 14.3 Å². The summed E-state index contributed by atoms with van der Waals surface area (Å²) in [6.45, 7) is 4.31. The molecule has 0 aliphatic heterocycles. The van der Waals surface area contributed by atoms with E-state index in [4.69, 9.17) is 10.5 Å². The zero-order valence-electron chi connectivity index (χ0n) is 10.5. The van der Waals surface area contributed by atoms with E-state index in [-0.39, 0.29) is 18.4 Å². The van der Waals surface area contributed by atoms with Crippen LogP contribution in [0.4, 0.5) is 0 Å². The number of nitrogens with two attached hydrogens (primary N) is 1. The highest BCUT2D eigenvalue weighted by Crippen LogP contribution is 2.18. The minimum absolute atomic E-state index is 0.168. The first-order valence-corrected chi connectivity index (χ1v) is 5.55. The lowest BCUT2D eigenvalue weighted by Crippen LogP contribution is -2.31. The van der Waals surface area contributed by atoms with Gasteiger partial charge in [-0.15, -0.1) is 0 Å². The largest absolute Gasteiger partial charge is 0.492 e. The summed E-state index contributed by atoms with van der Waals surface area (Å²) in [6, 6.07) is 5.59. The van der Waals surface area contributed by atoms with Crippen molar-refractivity contribution in [2.45, 2.75) is 26.3 Å². The van der Waals surface area contributed by atoms with Crippen LogP contribution >= 0.6 is 0 Å². The van der Waals surface area contributed by atoms with E-state index in [0.29, 0.717) is 6.61 Å². The van der Waals surface area contributed by atoms with E-state index in [1.807, 2.05) is 32.0 Å². The zero-order valence-corrected chi connectivity index (χ0v) is 10.5. The molecule has 0 aliphatic carbocycles. The second-order valence-electron chi connectivity index (χ2n) is 4.12. The zero-order chi connectivity index (χ0) is 12.8. The van der Waals surface area contributed by atoms with Crippen molar-refractivity contribution >= 4 is 5.97 Å². The Hall–Kier alpha value is -1.55. The summed E-state index contributed by atoms with van der Waals surface area (Å²) in [5.74, 6) is 0.484. The van der Waals surface area contributed by atoms with E-state index < -0.39 is 0 Å². The molecule has 0 radical (unpaired) electrons. The quantitative estimate of drug-likeness (QED) is 0.790. The molecule has 1 unspecified atom stereocenters. The number of carbonyl (C=O) groups excluding carboxylic acids is 1. The first-order chi connectivity index (χ1) is 8.02. The van der Waals surface area contributed by atoms with E-state index in [2.05, 4.69) is 4.74 Å². The molecule has 94 valence electrons. The van der Waals surface area contributed by atoms with E-state index >= 15 is 0 Å². The number of esters is 1. The molecule has 0 saturated heterocycles. The van der Waals surface area contributed by atoms with Crippen molar-refractivity contribution in [3.05, 3.63) is 29.3 Å². The van der Waals surface area contributed by atoms with Crippen LogP contribution < -0.4 is 10.5 Å². The Balaban J connectivity index is 2.47. The molecular formula is C13H19NO3. The third kappa shape index (κ3) is 4.44. The molecule has 1 rings (SSSR count). The summed E-state index contributed by atoms with van der Waals surface area (Å²) in [4.78, 5) is 11.0. The van der Waals surface area contributed by atoms with E-state index in [9.17, 15) is 4.79 Å². The van der Waals surface area contributed by atoms with Gasteiger partial charge in [0.2, 0.25) is 0 Å². The van der Waals surface area contributed by atoms with Crippen LogP contribution in [0.5, 0.6) is 5.75 Å². The SMILES string of the molecule is COC(=O)CC(N)COc1ccc(C)cc1C. The molecule has 0 fully saturated rings. The Morgan fingerprint density at radius 2 is 2.12 bits per heavy atom. The fourth-order valence-electron chi connectivity index (χ4n) is 1.51. The van der Waals surface area contributed by atoms with E-state index in [1.165, 1.54) is 12.7 Å². The third-order valence-electron chi connectivity index (χ3n) is 2.44. The number of carbonyl (C=O) groups is 1. The number of hydrogen-bond acceptors (Lipinski definition) is 4. The molecule has 1 atom stereocenters. The second kappa shape index (κ2) is 6.25. The number of aryl methyl sites for hydroxylation is 2. The predicted octanol–water partition coefficient (Wildman–Crippen LogP) is 1.57. The minimum atomic E-state index is -0.344. The predicted molar refractivity (Wildman–Crippen MR) is 66.0 cm³/mol. The molecule has 4 heteroatoms. The second-order valence-corrected chi connectivity index (χ2v) is 4.12. The van der Waals surface area contributed by atoms with Gasteiger partial charge in [-0.1, -0.05) is 17.7 Å². The summed E-state index contributed by atoms with van der Waals surface area (Å²) in [5, 5.41) is 0. The van der Waals surface area contributed by atoms with Gasteiger partial charge in [0, 0.05) is 6.04 Å². The lowest BCUT2D eigenvalue weighted by Gasteiger charge is -2.14. The Labute approximate surface area is 102 Å². The van der Waals surface area contributed by atoms with Gasteiger partial charge >= 0.3 is 5.97 Å². The third-order valence-corrected chi connectivity index (χ3v) is 2.44. The molecule has 2 N–H and O–H groups in total. The fraction of sp³-hybridized carbons (Fsp3) is 0.462. The van der Waals surface area contributed by atoms with Crippen molar-refractivity contribution in [2.75, 3.05) is 13.7 Å². The van der Waals surface area contributed by atoms with Crippen LogP contribution in [-0.4, -0.2) is 25.7 Å². The first-order valence-electron chi connectivity index (χ1n) is 5.55. The van der Waals surface area contributed by atoms with Crippen LogP contribution in [0.2, 0.25) is 0 Å². The maximum atomic E-state index is 11.0. The highest BCUT2D eigenvalue weighted by atomic mass is 16.5. The molecule has 17 heavy (non-hydrogen) atoms. The fourth-order valence-corrected chi connectivity index (χ4v) is 1.51. The number of hydrogen-bond donors (Lipinski definition) is 1. The van der Waals surface area contributed by atoms with Gasteiger partial charge in [0.1, 0.15) is 12.4 Å². The van der Waals surface area contributed by atoms with Crippen molar-refractivity contribution in [3.63, 3.8) is 0 Å². The van der Waals surface area contributed by atoms with E-state index in [0.717, 1.165) is 11.3 Å². The Kier molecular flexibility index (Phi) is 4.97. The van der Waals surface area contributed by atoms with Gasteiger partial charge in [-0.3, -0.25) is 4.79 Å². The van der Waals surface area contributed by atoms with Gasteiger partial charge in [0.05, 0.1) is 13.5 Å². The van der Waals surface area contributed by atoms with Crippen LogP contribution in [0.15, 0.2) is 18.2 Å². The molecule has 4 nitrogen and oxygen atoms in total. The van der Waals surface area contributed by atoms with Gasteiger partial charge in [-0.25, -0.2) is 0 Å². The van der Waals surface area contributed by atoms with Crippen molar-refractivity contribution in [1.82, 2.24) is 0 Å².